The smallest absolute Gasteiger partial charge is 0.232 e. The lowest BCUT2D eigenvalue weighted by Crippen LogP contribution is -2.44. The predicted molar refractivity (Wildman–Crippen MR) is 82.2 cm³/mol. The maximum Gasteiger partial charge on any atom is 0.232 e. The normalized spacial score (nSPS) is 19.4. The van der Waals surface area contributed by atoms with Crippen LogP contribution in [0.3, 0.4) is 0 Å². The molecule has 2 nitrogen and oxygen atoms in total. The van der Waals surface area contributed by atoms with Crippen LogP contribution in [-0.4, -0.2) is 29.1 Å². The SMILES string of the molecule is CC[C@H]1CCCCN1C(=O)CSCc1ccccc1. The Bertz CT molecular complexity index is 393. The molecule has 1 heterocycles. The molecule has 1 fully saturated rings. The zero-order valence-corrected chi connectivity index (χ0v) is 12.5. The van der Waals surface area contributed by atoms with Crippen LogP contribution in [0.25, 0.3) is 0 Å². The van der Waals surface area contributed by atoms with Gasteiger partial charge in [0.05, 0.1) is 5.75 Å². The van der Waals surface area contributed by atoms with E-state index in [1.54, 1.807) is 11.8 Å². The lowest BCUT2D eigenvalue weighted by atomic mass is 10.0. The van der Waals surface area contributed by atoms with Crippen LogP contribution >= 0.6 is 11.8 Å². The highest BCUT2D eigenvalue weighted by molar-refractivity contribution is 7.99. The first-order valence-electron chi connectivity index (χ1n) is 7.22. The van der Waals surface area contributed by atoms with Crippen molar-refractivity contribution < 1.29 is 4.79 Å². The average Bonchev–Trinajstić information content (AvgIpc) is 2.48. The Morgan fingerprint density at radius 3 is 2.84 bits per heavy atom. The zero-order chi connectivity index (χ0) is 13.5. The molecule has 1 aromatic carbocycles. The van der Waals surface area contributed by atoms with Crippen LogP contribution in [0, 0.1) is 0 Å². The van der Waals surface area contributed by atoms with E-state index in [-0.39, 0.29) is 0 Å². The molecule has 0 aliphatic carbocycles. The van der Waals surface area contributed by atoms with E-state index in [1.807, 2.05) is 6.07 Å². The molecule has 104 valence electrons. The van der Waals surface area contributed by atoms with E-state index in [4.69, 9.17) is 0 Å². The zero-order valence-electron chi connectivity index (χ0n) is 11.7. The molecule has 1 aliphatic rings. The van der Waals surface area contributed by atoms with Crippen LogP contribution in [-0.2, 0) is 10.5 Å². The molecular formula is C16H23NOS. The van der Waals surface area contributed by atoms with Gasteiger partial charge < -0.3 is 4.90 Å². The van der Waals surface area contributed by atoms with Gasteiger partial charge in [-0.2, -0.15) is 0 Å². The Labute approximate surface area is 120 Å². The Kier molecular flexibility index (Phi) is 5.77. The van der Waals surface area contributed by atoms with Gasteiger partial charge in [-0.15, -0.1) is 11.8 Å². The lowest BCUT2D eigenvalue weighted by Gasteiger charge is -2.35. The Balaban J connectivity index is 1.77. The topological polar surface area (TPSA) is 20.3 Å². The van der Waals surface area contributed by atoms with E-state index in [0.717, 1.165) is 18.7 Å². The summed E-state index contributed by atoms with van der Waals surface area (Å²) in [5, 5.41) is 0. The van der Waals surface area contributed by atoms with Crippen LogP contribution < -0.4 is 0 Å². The van der Waals surface area contributed by atoms with Gasteiger partial charge in [-0.25, -0.2) is 0 Å². The van der Waals surface area contributed by atoms with Gasteiger partial charge in [-0.1, -0.05) is 37.3 Å². The summed E-state index contributed by atoms with van der Waals surface area (Å²) in [4.78, 5) is 14.4. The first kappa shape index (κ1) is 14.4. The molecule has 0 spiro atoms. The Hall–Kier alpha value is -0.960. The van der Waals surface area contributed by atoms with Crippen molar-refractivity contribution in [3.8, 4) is 0 Å². The molecule has 1 saturated heterocycles. The molecule has 0 aromatic heterocycles. The average molecular weight is 277 g/mol. The molecule has 0 radical (unpaired) electrons. The number of rotatable bonds is 5. The van der Waals surface area contributed by atoms with Crippen molar-refractivity contribution in [2.45, 2.75) is 44.4 Å². The molecule has 0 N–H and O–H groups in total. The minimum Gasteiger partial charge on any atom is -0.339 e. The third kappa shape index (κ3) is 4.27. The van der Waals surface area contributed by atoms with Gasteiger partial charge in [-0.3, -0.25) is 4.79 Å². The Morgan fingerprint density at radius 2 is 2.11 bits per heavy atom. The molecule has 2 rings (SSSR count). The molecule has 1 aromatic rings. The molecule has 1 aliphatic heterocycles. The second-order valence-electron chi connectivity index (χ2n) is 5.12. The molecule has 3 heteroatoms. The fraction of sp³-hybridized carbons (Fsp3) is 0.562. The highest BCUT2D eigenvalue weighted by Gasteiger charge is 2.24. The number of nitrogens with zero attached hydrogens (tertiary/aromatic N) is 1. The maximum atomic E-state index is 12.3. The van der Waals surface area contributed by atoms with Crippen molar-refractivity contribution in [2.24, 2.45) is 0 Å². The van der Waals surface area contributed by atoms with E-state index in [9.17, 15) is 4.79 Å². The van der Waals surface area contributed by atoms with Crippen molar-refractivity contribution in [1.82, 2.24) is 4.90 Å². The molecule has 0 saturated carbocycles. The summed E-state index contributed by atoms with van der Waals surface area (Å²) in [6.45, 7) is 3.15. The molecule has 1 amide bonds. The van der Waals surface area contributed by atoms with E-state index in [0.29, 0.717) is 17.7 Å². The van der Waals surface area contributed by atoms with E-state index < -0.39 is 0 Å². The van der Waals surface area contributed by atoms with Crippen LogP contribution in [0.1, 0.15) is 38.2 Å². The van der Waals surface area contributed by atoms with Gasteiger partial charge in [0.25, 0.3) is 0 Å². The molecular weight excluding hydrogens is 254 g/mol. The minimum absolute atomic E-state index is 0.326. The first-order chi connectivity index (χ1) is 9.31. The van der Waals surface area contributed by atoms with Gasteiger partial charge in [0, 0.05) is 18.3 Å². The first-order valence-corrected chi connectivity index (χ1v) is 8.38. The number of hydrogen-bond donors (Lipinski definition) is 0. The number of amides is 1. The summed E-state index contributed by atoms with van der Waals surface area (Å²) in [6.07, 6.45) is 4.73. The van der Waals surface area contributed by atoms with E-state index in [2.05, 4.69) is 36.1 Å². The van der Waals surface area contributed by atoms with Crippen molar-refractivity contribution in [2.75, 3.05) is 12.3 Å². The van der Waals surface area contributed by atoms with Gasteiger partial charge in [-0.05, 0) is 31.2 Å². The van der Waals surface area contributed by atoms with Crippen LogP contribution in [0.4, 0.5) is 0 Å². The van der Waals surface area contributed by atoms with E-state index in [1.165, 1.54) is 24.8 Å². The number of thioether (sulfide) groups is 1. The summed E-state index contributed by atoms with van der Waals surface area (Å²) in [7, 11) is 0. The van der Waals surface area contributed by atoms with Crippen molar-refractivity contribution in [3.05, 3.63) is 35.9 Å². The third-order valence-corrected chi connectivity index (χ3v) is 4.74. The largest absolute Gasteiger partial charge is 0.339 e. The number of likely N-dealkylation sites (tertiary alicyclic amines) is 1. The van der Waals surface area contributed by atoms with Gasteiger partial charge >= 0.3 is 0 Å². The highest BCUT2D eigenvalue weighted by atomic mass is 32.2. The van der Waals surface area contributed by atoms with E-state index >= 15 is 0 Å². The lowest BCUT2D eigenvalue weighted by molar-refractivity contribution is -0.132. The number of hydrogen-bond acceptors (Lipinski definition) is 2. The van der Waals surface area contributed by atoms with Crippen LogP contribution in [0.2, 0.25) is 0 Å². The van der Waals surface area contributed by atoms with Gasteiger partial charge in [0.15, 0.2) is 0 Å². The summed E-state index contributed by atoms with van der Waals surface area (Å²) < 4.78 is 0. The standard InChI is InChI=1S/C16H23NOS/c1-2-15-10-6-7-11-17(15)16(18)13-19-12-14-8-4-3-5-9-14/h3-5,8-9,15H,2,6-7,10-13H2,1H3/t15-/m0/s1. The fourth-order valence-corrected chi connectivity index (χ4v) is 3.54. The summed E-state index contributed by atoms with van der Waals surface area (Å²) in [5.74, 6) is 1.87. The predicted octanol–water partition coefficient (Wildman–Crippen LogP) is 3.71. The maximum absolute atomic E-state index is 12.3. The van der Waals surface area contributed by atoms with Gasteiger partial charge in [0.1, 0.15) is 0 Å². The molecule has 0 bridgehead atoms. The van der Waals surface area contributed by atoms with Crippen LogP contribution in [0.5, 0.6) is 0 Å². The quantitative estimate of drug-likeness (QED) is 0.817. The van der Waals surface area contributed by atoms with Crippen LogP contribution in [0.15, 0.2) is 30.3 Å². The summed E-state index contributed by atoms with van der Waals surface area (Å²) in [5.41, 5.74) is 1.30. The Morgan fingerprint density at radius 1 is 1.32 bits per heavy atom. The second kappa shape index (κ2) is 7.59. The minimum atomic E-state index is 0.326. The molecule has 0 unspecified atom stereocenters. The summed E-state index contributed by atoms with van der Waals surface area (Å²) in [6, 6.07) is 10.9. The number of piperidine rings is 1. The fourth-order valence-electron chi connectivity index (χ4n) is 2.67. The molecule has 1 atom stereocenters. The summed E-state index contributed by atoms with van der Waals surface area (Å²) >= 11 is 1.73. The number of carbonyl (C=O) groups is 1. The highest BCUT2D eigenvalue weighted by Crippen LogP contribution is 2.21. The van der Waals surface area contributed by atoms with Crippen molar-refractivity contribution in [1.29, 1.82) is 0 Å². The molecule has 19 heavy (non-hydrogen) atoms. The van der Waals surface area contributed by atoms with Crippen molar-refractivity contribution >= 4 is 17.7 Å². The second-order valence-corrected chi connectivity index (χ2v) is 6.11. The number of benzene rings is 1. The number of carbonyl (C=O) groups excluding carboxylic acids is 1. The van der Waals surface area contributed by atoms with Gasteiger partial charge in [0.2, 0.25) is 5.91 Å². The third-order valence-electron chi connectivity index (χ3n) is 3.76. The van der Waals surface area contributed by atoms with Crippen molar-refractivity contribution in [3.63, 3.8) is 0 Å². The monoisotopic (exact) mass is 277 g/mol.